The highest BCUT2D eigenvalue weighted by molar-refractivity contribution is 5.92. The molecule has 1 atom stereocenters. The molecule has 0 aliphatic carbocycles. The van der Waals surface area contributed by atoms with Crippen LogP contribution in [-0.4, -0.2) is 30.0 Å². The van der Waals surface area contributed by atoms with E-state index in [2.05, 4.69) is 15.3 Å². The van der Waals surface area contributed by atoms with Crippen molar-refractivity contribution in [3.63, 3.8) is 0 Å². The molecular formula is C18H21F3N4O2. The molecule has 0 spiro atoms. The van der Waals surface area contributed by atoms with Crippen LogP contribution in [0.1, 0.15) is 41.5 Å². The number of carbonyl (C=O) groups is 1. The second-order valence-electron chi connectivity index (χ2n) is 6.66. The van der Waals surface area contributed by atoms with Gasteiger partial charge >= 0.3 is 6.18 Å². The lowest BCUT2D eigenvalue weighted by Gasteiger charge is -2.23. The maximum atomic E-state index is 12.7. The van der Waals surface area contributed by atoms with Crippen LogP contribution in [0.5, 0.6) is 0 Å². The Morgan fingerprint density at radius 1 is 1.19 bits per heavy atom. The van der Waals surface area contributed by atoms with E-state index < -0.39 is 29.2 Å². The molecule has 0 fully saturated rings. The number of hydrogen-bond acceptors (Lipinski definition) is 4. The lowest BCUT2D eigenvalue weighted by molar-refractivity contribution is -0.137. The fraction of sp³-hybridized carbons (Fsp3) is 0.389. The van der Waals surface area contributed by atoms with Crippen molar-refractivity contribution in [2.75, 3.05) is 19.0 Å². The third-order valence-electron chi connectivity index (χ3n) is 3.94. The SMILES string of the molecule is CC(C)C(NC(=O)c1cc(=O)[nH]c(N(C)C)n1)c1ccc(C(F)(F)F)cc1. The third-order valence-corrected chi connectivity index (χ3v) is 3.94. The molecule has 1 aromatic carbocycles. The van der Waals surface area contributed by atoms with Crippen LogP contribution in [0.25, 0.3) is 0 Å². The van der Waals surface area contributed by atoms with Gasteiger partial charge in [0, 0.05) is 20.2 Å². The summed E-state index contributed by atoms with van der Waals surface area (Å²) in [5.74, 6) is -0.452. The fourth-order valence-electron chi connectivity index (χ4n) is 2.50. The van der Waals surface area contributed by atoms with Gasteiger partial charge in [-0.15, -0.1) is 0 Å². The van der Waals surface area contributed by atoms with E-state index >= 15 is 0 Å². The van der Waals surface area contributed by atoms with Crippen molar-refractivity contribution >= 4 is 11.9 Å². The number of alkyl halides is 3. The standard InChI is InChI=1S/C18H21F3N4O2/c1-10(2)15(11-5-7-12(8-6-11)18(19,20)21)24-16(27)13-9-14(26)23-17(22-13)25(3)4/h5-10,15H,1-4H3,(H,24,27)(H,22,23,26). The molecule has 0 radical (unpaired) electrons. The van der Waals surface area contributed by atoms with Gasteiger partial charge in [0.2, 0.25) is 5.95 Å². The highest BCUT2D eigenvalue weighted by Gasteiger charge is 2.30. The van der Waals surface area contributed by atoms with Crippen LogP contribution < -0.4 is 15.8 Å². The lowest BCUT2D eigenvalue weighted by atomic mass is 9.95. The number of nitrogens with one attached hydrogen (secondary N) is 2. The highest BCUT2D eigenvalue weighted by Crippen LogP contribution is 2.31. The molecule has 2 aromatic rings. The smallest absolute Gasteiger partial charge is 0.348 e. The van der Waals surface area contributed by atoms with Crippen LogP contribution in [-0.2, 0) is 6.18 Å². The number of rotatable bonds is 5. The van der Waals surface area contributed by atoms with Gasteiger partial charge in [-0.05, 0) is 23.6 Å². The predicted molar refractivity (Wildman–Crippen MR) is 95.7 cm³/mol. The van der Waals surface area contributed by atoms with Crippen molar-refractivity contribution in [2.24, 2.45) is 5.92 Å². The summed E-state index contributed by atoms with van der Waals surface area (Å²) in [5.41, 5.74) is -0.773. The van der Waals surface area contributed by atoms with Crippen molar-refractivity contribution < 1.29 is 18.0 Å². The second-order valence-corrected chi connectivity index (χ2v) is 6.66. The molecule has 0 bridgehead atoms. The van der Waals surface area contributed by atoms with Gasteiger partial charge < -0.3 is 10.2 Å². The second kappa shape index (κ2) is 7.81. The first kappa shape index (κ1) is 20.5. The summed E-state index contributed by atoms with van der Waals surface area (Å²) in [6.07, 6.45) is -4.42. The number of H-pyrrole nitrogens is 1. The third kappa shape index (κ3) is 5.08. The monoisotopic (exact) mass is 382 g/mol. The number of benzene rings is 1. The molecule has 27 heavy (non-hydrogen) atoms. The summed E-state index contributed by atoms with van der Waals surface area (Å²) in [6.45, 7) is 3.66. The summed E-state index contributed by atoms with van der Waals surface area (Å²) in [6, 6.07) is 5.17. The highest BCUT2D eigenvalue weighted by atomic mass is 19.4. The average Bonchev–Trinajstić information content (AvgIpc) is 2.58. The minimum absolute atomic E-state index is 0.0694. The van der Waals surface area contributed by atoms with Crippen LogP contribution in [0.2, 0.25) is 0 Å². The molecule has 2 rings (SSSR count). The fourth-order valence-corrected chi connectivity index (χ4v) is 2.50. The van der Waals surface area contributed by atoms with Crippen molar-refractivity contribution in [3.05, 3.63) is 57.5 Å². The van der Waals surface area contributed by atoms with Crippen LogP contribution in [0.3, 0.4) is 0 Å². The summed E-state index contributed by atoms with van der Waals surface area (Å²) < 4.78 is 38.2. The Hall–Kier alpha value is -2.84. The first-order chi connectivity index (χ1) is 12.5. The van der Waals surface area contributed by atoms with Gasteiger partial charge in [-0.2, -0.15) is 13.2 Å². The van der Waals surface area contributed by atoms with Crippen molar-refractivity contribution in [1.29, 1.82) is 0 Å². The normalized spacial score (nSPS) is 12.7. The van der Waals surface area contributed by atoms with Gasteiger partial charge in [-0.25, -0.2) is 4.98 Å². The summed E-state index contributed by atoms with van der Waals surface area (Å²) in [7, 11) is 3.33. The zero-order chi connectivity index (χ0) is 20.4. The van der Waals surface area contributed by atoms with Gasteiger partial charge in [0.25, 0.3) is 11.5 Å². The Kier molecular flexibility index (Phi) is 5.92. The van der Waals surface area contributed by atoms with E-state index in [1.54, 1.807) is 19.0 Å². The first-order valence-electron chi connectivity index (χ1n) is 8.25. The van der Waals surface area contributed by atoms with E-state index in [1.807, 2.05) is 13.8 Å². The van der Waals surface area contributed by atoms with Gasteiger partial charge in [-0.3, -0.25) is 14.6 Å². The van der Waals surface area contributed by atoms with Crippen LogP contribution in [0.15, 0.2) is 35.1 Å². The molecule has 0 saturated heterocycles. The maximum Gasteiger partial charge on any atom is 0.416 e. The molecule has 146 valence electrons. The molecule has 0 saturated carbocycles. The predicted octanol–water partition coefficient (Wildman–Crippen LogP) is 2.98. The Morgan fingerprint density at radius 3 is 2.26 bits per heavy atom. The van der Waals surface area contributed by atoms with E-state index in [4.69, 9.17) is 0 Å². The maximum absolute atomic E-state index is 12.7. The Labute approximate surface area is 154 Å². The van der Waals surface area contributed by atoms with E-state index in [0.29, 0.717) is 5.56 Å². The minimum atomic E-state index is -4.42. The number of hydrogen-bond donors (Lipinski definition) is 2. The van der Waals surface area contributed by atoms with Crippen LogP contribution in [0, 0.1) is 5.92 Å². The van der Waals surface area contributed by atoms with E-state index in [9.17, 15) is 22.8 Å². The molecule has 1 unspecified atom stereocenters. The number of halogens is 3. The van der Waals surface area contributed by atoms with Gasteiger partial charge in [0.1, 0.15) is 5.69 Å². The first-order valence-corrected chi connectivity index (χ1v) is 8.25. The van der Waals surface area contributed by atoms with Gasteiger partial charge in [0.05, 0.1) is 11.6 Å². The number of aromatic nitrogens is 2. The molecular weight excluding hydrogens is 361 g/mol. The molecule has 1 heterocycles. The average molecular weight is 382 g/mol. The van der Waals surface area contributed by atoms with Gasteiger partial charge in [0.15, 0.2) is 0 Å². The van der Waals surface area contributed by atoms with Gasteiger partial charge in [-0.1, -0.05) is 26.0 Å². The number of anilines is 1. The molecule has 1 amide bonds. The van der Waals surface area contributed by atoms with E-state index in [1.165, 1.54) is 12.1 Å². The summed E-state index contributed by atoms with van der Waals surface area (Å²) in [5, 5.41) is 2.75. The zero-order valence-electron chi connectivity index (χ0n) is 15.4. The zero-order valence-corrected chi connectivity index (χ0v) is 15.4. The number of amides is 1. The minimum Gasteiger partial charge on any atom is -0.348 e. The van der Waals surface area contributed by atoms with Crippen LogP contribution >= 0.6 is 0 Å². The van der Waals surface area contributed by atoms with Crippen molar-refractivity contribution in [1.82, 2.24) is 15.3 Å². The number of carbonyl (C=O) groups excluding carboxylic acids is 1. The molecule has 2 N–H and O–H groups in total. The van der Waals surface area contributed by atoms with Crippen molar-refractivity contribution in [3.8, 4) is 0 Å². The van der Waals surface area contributed by atoms with Crippen LogP contribution in [0.4, 0.5) is 19.1 Å². The van der Waals surface area contributed by atoms with Crippen molar-refractivity contribution in [2.45, 2.75) is 26.1 Å². The molecule has 9 heteroatoms. The molecule has 0 aliphatic heterocycles. The number of aromatic amines is 1. The topological polar surface area (TPSA) is 78.1 Å². The van der Waals surface area contributed by atoms with E-state index in [0.717, 1.165) is 18.2 Å². The van der Waals surface area contributed by atoms with E-state index in [-0.39, 0.29) is 17.6 Å². The Balaban J connectivity index is 2.29. The quantitative estimate of drug-likeness (QED) is 0.833. The summed E-state index contributed by atoms with van der Waals surface area (Å²) >= 11 is 0. The lowest BCUT2D eigenvalue weighted by Crippen LogP contribution is -2.33. The Morgan fingerprint density at radius 2 is 1.78 bits per heavy atom. The summed E-state index contributed by atoms with van der Waals surface area (Å²) in [4.78, 5) is 32.4. The molecule has 1 aromatic heterocycles. The molecule has 6 nitrogen and oxygen atoms in total. The number of nitrogens with zero attached hydrogens (tertiary/aromatic N) is 2. The Bertz CT molecular complexity index is 858. The molecule has 0 aliphatic rings. The largest absolute Gasteiger partial charge is 0.416 e.